The number of aromatic nitrogens is 1. The lowest BCUT2D eigenvalue weighted by Crippen LogP contribution is -2.07. The fraction of sp³-hybridized carbons (Fsp3) is 0.182. The van der Waals surface area contributed by atoms with Gasteiger partial charge in [-0.2, -0.15) is 0 Å². The highest BCUT2D eigenvalue weighted by atomic mass is 35.5. The van der Waals surface area contributed by atoms with Gasteiger partial charge in [-0.05, 0) is 13.0 Å². The van der Waals surface area contributed by atoms with E-state index in [1.807, 2.05) is 24.3 Å². The molecule has 3 N–H and O–H groups in total. The van der Waals surface area contributed by atoms with Gasteiger partial charge in [-0.3, -0.25) is 0 Å². The van der Waals surface area contributed by atoms with E-state index in [2.05, 4.69) is 4.98 Å². The molecule has 86 valence electrons. The monoisotopic (exact) mass is 240 g/mol. The van der Waals surface area contributed by atoms with Crippen LogP contribution in [0.5, 0.6) is 0 Å². The van der Waals surface area contributed by atoms with Crippen molar-refractivity contribution in [3.63, 3.8) is 0 Å². The number of benzene rings is 1. The van der Waals surface area contributed by atoms with Gasteiger partial charge in [0.05, 0.1) is 12.3 Å². The van der Waals surface area contributed by atoms with Crippen LogP contribution in [0.25, 0.3) is 10.9 Å². The van der Waals surface area contributed by atoms with Gasteiger partial charge in [0.2, 0.25) is 0 Å². The fourth-order valence-electron chi connectivity index (χ4n) is 1.53. The second-order valence-electron chi connectivity index (χ2n) is 3.18. The van der Waals surface area contributed by atoms with Crippen LogP contribution >= 0.6 is 12.4 Å². The van der Waals surface area contributed by atoms with Crippen molar-refractivity contribution in [3.8, 4) is 0 Å². The quantitative estimate of drug-likeness (QED) is 0.792. The van der Waals surface area contributed by atoms with Crippen molar-refractivity contribution in [1.82, 2.24) is 4.98 Å². The molecule has 0 radical (unpaired) electrons. The van der Waals surface area contributed by atoms with Gasteiger partial charge < -0.3 is 15.5 Å². The molecule has 0 spiro atoms. The van der Waals surface area contributed by atoms with Gasteiger partial charge in [0.15, 0.2) is 0 Å². The standard InChI is InChI=1S/C11H12N2O2.ClH/c1-2-15-11(14)10-9(12)7-5-3-4-6-8(7)13-10;/h3-6,13H,2,12H2,1H3;1H. The SMILES string of the molecule is CCOC(=O)c1[nH]c2ccccc2c1N.Cl. The fourth-order valence-corrected chi connectivity index (χ4v) is 1.53. The number of anilines is 1. The number of H-pyrrole nitrogens is 1. The van der Waals surface area contributed by atoms with Crippen LogP contribution in [0.1, 0.15) is 17.4 Å². The Kier molecular flexibility index (Phi) is 3.79. The zero-order valence-electron chi connectivity index (χ0n) is 8.82. The van der Waals surface area contributed by atoms with Crippen molar-refractivity contribution >= 4 is 35.0 Å². The highest BCUT2D eigenvalue weighted by Gasteiger charge is 2.15. The number of hydrogen-bond acceptors (Lipinski definition) is 3. The molecule has 0 atom stereocenters. The van der Waals surface area contributed by atoms with Gasteiger partial charge in [0, 0.05) is 10.9 Å². The Labute approximate surface area is 99.2 Å². The summed E-state index contributed by atoms with van der Waals surface area (Å²) in [6, 6.07) is 7.49. The van der Waals surface area contributed by atoms with Crippen LogP contribution in [0.15, 0.2) is 24.3 Å². The number of carbonyl (C=O) groups is 1. The number of aromatic amines is 1. The lowest BCUT2D eigenvalue weighted by Gasteiger charge is -1.99. The Morgan fingerprint density at radius 1 is 1.44 bits per heavy atom. The molecule has 1 aromatic heterocycles. The molecule has 0 saturated heterocycles. The van der Waals surface area contributed by atoms with E-state index in [1.54, 1.807) is 6.92 Å². The second kappa shape index (κ2) is 4.90. The lowest BCUT2D eigenvalue weighted by atomic mass is 10.2. The maximum absolute atomic E-state index is 11.5. The van der Waals surface area contributed by atoms with E-state index in [0.717, 1.165) is 10.9 Å². The zero-order chi connectivity index (χ0) is 10.8. The van der Waals surface area contributed by atoms with E-state index in [9.17, 15) is 4.79 Å². The Balaban J connectivity index is 0.00000128. The average Bonchev–Trinajstić information content (AvgIpc) is 2.57. The first-order chi connectivity index (χ1) is 7.24. The summed E-state index contributed by atoms with van der Waals surface area (Å²) in [5.41, 5.74) is 7.46. The summed E-state index contributed by atoms with van der Waals surface area (Å²) in [7, 11) is 0. The molecular weight excluding hydrogens is 228 g/mol. The summed E-state index contributed by atoms with van der Waals surface area (Å²) in [5, 5.41) is 0.848. The number of esters is 1. The molecule has 0 fully saturated rings. The first kappa shape index (κ1) is 12.4. The van der Waals surface area contributed by atoms with Crippen LogP contribution < -0.4 is 5.73 Å². The molecule has 5 heteroatoms. The van der Waals surface area contributed by atoms with E-state index < -0.39 is 5.97 Å². The van der Waals surface area contributed by atoms with Gasteiger partial charge in [0.1, 0.15) is 5.69 Å². The van der Waals surface area contributed by atoms with Crippen molar-refractivity contribution in [3.05, 3.63) is 30.0 Å². The molecule has 0 aliphatic rings. The molecule has 2 aromatic rings. The molecule has 1 heterocycles. The molecule has 1 aromatic carbocycles. The van der Waals surface area contributed by atoms with Crippen LogP contribution in [-0.2, 0) is 4.74 Å². The van der Waals surface area contributed by atoms with Crippen molar-refractivity contribution < 1.29 is 9.53 Å². The number of nitrogens with one attached hydrogen (secondary N) is 1. The molecule has 0 bridgehead atoms. The van der Waals surface area contributed by atoms with E-state index in [1.165, 1.54) is 0 Å². The van der Waals surface area contributed by atoms with Crippen LogP contribution in [-0.4, -0.2) is 17.6 Å². The summed E-state index contributed by atoms with van der Waals surface area (Å²) in [5.74, 6) is -0.411. The van der Waals surface area contributed by atoms with Crippen molar-refractivity contribution in [2.24, 2.45) is 0 Å². The summed E-state index contributed by atoms with van der Waals surface area (Å²) in [6.07, 6.45) is 0. The maximum atomic E-state index is 11.5. The highest BCUT2D eigenvalue weighted by molar-refractivity contribution is 6.05. The van der Waals surface area contributed by atoms with E-state index in [-0.39, 0.29) is 12.4 Å². The van der Waals surface area contributed by atoms with Crippen LogP contribution in [0.2, 0.25) is 0 Å². The van der Waals surface area contributed by atoms with Gasteiger partial charge in [-0.25, -0.2) is 4.79 Å². The number of ether oxygens (including phenoxy) is 1. The third-order valence-corrected chi connectivity index (χ3v) is 2.23. The molecule has 2 rings (SSSR count). The number of fused-ring (bicyclic) bond motifs is 1. The van der Waals surface area contributed by atoms with Crippen LogP contribution in [0.4, 0.5) is 5.69 Å². The van der Waals surface area contributed by atoms with Crippen molar-refractivity contribution in [1.29, 1.82) is 0 Å². The van der Waals surface area contributed by atoms with Gasteiger partial charge in [-0.1, -0.05) is 18.2 Å². The Morgan fingerprint density at radius 2 is 2.12 bits per heavy atom. The molecule has 0 aliphatic carbocycles. The number of nitrogen functional groups attached to an aromatic ring is 1. The topological polar surface area (TPSA) is 68.1 Å². The Hall–Kier alpha value is -1.68. The van der Waals surface area contributed by atoms with Gasteiger partial charge in [-0.15, -0.1) is 12.4 Å². The number of para-hydroxylation sites is 1. The second-order valence-corrected chi connectivity index (χ2v) is 3.18. The summed E-state index contributed by atoms with van der Waals surface area (Å²) in [4.78, 5) is 14.5. The number of halogens is 1. The third kappa shape index (κ3) is 1.97. The molecular formula is C11H13ClN2O2. The van der Waals surface area contributed by atoms with Crippen molar-refractivity contribution in [2.45, 2.75) is 6.92 Å². The summed E-state index contributed by atoms with van der Waals surface area (Å²) < 4.78 is 4.89. The van der Waals surface area contributed by atoms with Crippen molar-refractivity contribution in [2.75, 3.05) is 12.3 Å². The average molecular weight is 241 g/mol. The van der Waals surface area contributed by atoms with Crippen LogP contribution in [0, 0.1) is 0 Å². The maximum Gasteiger partial charge on any atom is 0.356 e. The predicted molar refractivity (Wildman–Crippen MR) is 65.9 cm³/mol. The number of carbonyl (C=O) groups excluding carboxylic acids is 1. The van der Waals surface area contributed by atoms with Gasteiger partial charge in [0.25, 0.3) is 0 Å². The normalized spacial score (nSPS) is 9.81. The molecule has 16 heavy (non-hydrogen) atoms. The summed E-state index contributed by atoms with van der Waals surface area (Å²) in [6.45, 7) is 2.10. The highest BCUT2D eigenvalue weighted by Crippen LogP contribution is 2.24. The van der Waals surface area contributed by atoms with E-state index >= 15 is 0 Å². The number of rotatable bonds is 2. The molecule has 4 nitrogen and oxygen atoms in total. The third-order valence-electron chi connectivity index (χ3n) is 2.23. The minimum atomic E-state index is -0.411. The predicted octanol–water partition coefficient (Wildman–Crippen LogP) is 2.35. The first-order valence-corrected chi connectivity index (χ1v) is 4.77. The van der Waals surface area contributed by atoms with Crippen LogP contribution in [0.3, 0.4) is 0 Å². The molecule has 0 aliphatic heterocycles. The molecule has 0 amide bonds. The minimum absolute atomic E-state index is 0. The largest absolute Gasteiger partial charge is 0.461 e. The van der Waals surface area contributed by atoms with Gasteiger partial charge >= 0.3 is 5.97 Å². The van der Waals surface area contributed by atoms with E-state index in [0.29, 0.717) is 18.0 Å². The molecule has 0 saturated carbocycles. The Morgan fingerprint density at radius 3 is 2.75 bits per heavy atom. The summed E-state index contributed by atoms with van der Waals surface area (Å²) >= 11 is 0. The number of hydrogen-bond donors (Lipinski definition) is 2. The first-order valence-electron chi connectivity index (χ1n) is 4.77. The van der Waals surface area contributed by atoms with E-state index in [4.69, 9.17) is 10.5 Å². The minimum Gasteiger partial charge on any atom is -0.461 e. The molecule has 0 unspecified atom stereocenters. The number of nitrogens with two attached hydrogens (primary N) is 1. The lowest BCUT2D eigenvalue weighted by molar-refractivity contribution is 0.0522. The smallest absolute Gasteiger partial charge is 0.356 e. The Bertz CT molecular complexity index is 508. The zero-order valence-corrected chi connectivity index (χ0v) is 9.64.